The Hall–Kier alpha value is -1.86. The second-order valence-electron chi connectivity index (χ2n) is 5.64. The topological polar surface area (TPSA) is 72.3 Å². The van der Waals surface area contributed by atoms with Gasteiger partial charge in [-0.15, -0.1) is 0 Å². The summed E-state index contributed by atoms with van der Waals surface area (Å²) >= 11 is 6.03. The summed E-state index contributed by atoms with van der Waals surface area (Å²) in [5.41, 5.74) is 2.21. The zero-order valence-corrected chi connectivity index (χ0v) is 15.2. The van der Waals surface area contributed by atoms with Crippen molar-refractivity contribution in [3.63, 3.8) is 0 Å². The molecule has 8 heteroatoms. The fraction of sp³-hybridized carbons (Fsp3) is 0.333. The van der Waals surface area contributed by atoms with Crippen LogP contribution in [-0.2, 0) is 9.84 Å². The summed E-state index contributed by atoms with van der Waals surface area (Å²) in [5, 5.41) is 3.49. The maximum atomic E-state index is 12.9. The van der Waals surface area contributed by atoms with Crippen LogP contribution < -0.4 is 0 Å². The monoisotopic (exact) mass is 355 g/mol. The Morgan fingerprint density at radius 1 is 1.17 bits per heavy atom. The normalized spacial score (nSPS) is 11.6. The molecule has 0 saturated heterocycles. The Morgan fingerprint density at radius 3 is 2.17 bits per heavy atom. The lowest BCUT2D eigenvalue weighted by molar-refractivity contribution is 0.215. The van der Waals surface area contributed by atoms with E-state index in [0.717, 1.165) is 10.2 Å². The third-order valence-corrected chi connectivity index (χ3v) is 5.73. The highest BCUT2D eigenvalue weighted by Gasteiger charge is 2.29. The minimum Gasteiger partial charge on any atom is -0.329 e. The molecule has 0 atom stereocenters. The van der Waals surface area contributed by atoms with Gasteiger partial charge in [-0.1, -0.05) is 29.3 Å². The minimum absolute atomic E-state index is 0.0837. The van der Waals surface area contributed by atoms with Crippen molar-refractivity contribution >= 4 is 27.5 Å². The van der Waals surface area contributed by atoms with Gasteiger partial charge in [0.2, 0.25) is 14.9 Å². The van der Waals surface area contributed by atoms with E-state index in [4.69, 9.17) is 11.6 Å². The lowest BCUT2D eigenvalue weighted by Crippen LogP contribution is -2.27. The fourth-order valence-corrected chi connectivity index (χ4v) is 4.61. The summed E-state index contributed by atoms with van der Waals surface area (Å²) in [6, 6.07) is 3.09. The molecule has 0 unspecified atom stereocenters. The molecule has 0 N–H and O–H groups in total. The Labute approximate surface area is 140 Å². The van der Waals surface area contributed by atoms with E-state index >= 15 is 0 Å². The smallest absolute Gasteiger partial charge is 0.329 e. The van der Waals surface area contributed by atoms with E-state index in [1.807, 2.05) is 6.92 Å². The summed E-state index contributed by atoms with van der Waals surface area (Å²) in [5.74, 6) is 0. The van der Waals surface area contributed by atoms with Crippen LogP contribution in [0, 0.1) is 20.8 Å². The molecule has 0 aliphatic rings. The Morgan fingerprint density at radius 2 is 1.70 bits per heavy atom. The van der Waals surface area contributed by atoms with E-state index in [-0.39, 0.29) is 14.9 Å². The van der Waals surface area contributed by atoms with Crippen molar-refractivity contribution in [2.45, 2.75) is 30.7 Å². The molecule has 0 aliphatic carbocycles. The summed E-state index contributed by atoms with van der Waals surface area (Å²) in [7, 11) is -0.837. The SMILES string of the molecule is Cc1cc(C)c(S(=O)(=O)c2nn(C(=O)N(C)C)cc2Cl)c(C)c1. The molecule has 23 heavy (non-hydrogen) atoms. The van der Waals surface area contributed by atoms with Crippen molar-refractivity contribution in [2.75, 3.05) is 14.1 Å². The van der Waals surface area contributed by atoms with Gasteiger partial charge in [0.15, 0.2) is 0 Å². The second kappa shape index (κ2) is 5.98. The van der Waals surface area contributed by atoms with Crippen LogP contribution >= 0.6 is 11.6 Å². The van der Waals surface area contributed by atoms with Crippen LogP contribution in [0.5, 0.6) is 0 Å². The van der Waals surface area contributed by atoms with E-state index in [1.165, 1.54) is 11.1 Å². The number of halogens is 1. The lowest BCUT2D eigenvalue weighted by Gasteiger charge is -2.11. The average Bonchev–Trinajstić information content (AvgIpc) is 2.78. The average molecular weight is 356 g/mol. The fourth-order valence-electron chi connectivity index (χ4n) is 2.51. The van der Waals surface area contributed by atoms with Gasteiger partial charge >= 0.3 is 6.03 Å². The number of amides is 1. The first-order chi connectivity index (χ1) is 10.6. The molecule has 6 nitrogen and oxygen atoms in total. The van der Waals surface area contributed by atoms with Crippen molar-refractivity contribution in [3.8, 4) is 0 Å². The quantitative estimate of drug-likeness (QED) is 0.830. The van der Waals surface area contributed by atoms with Crippen LogP contribution in [-0.4, -0.2) is 43.2 Å². The summed E-state index contributed by atoms with van der Waals surface area (Å²) in [6.07, 6.45) is 1.20. The highest BCUT2D eigenvalue weighted by Crippen LogP contribution is 2.31. The maximum absolute atomic E-state index is 12.9. The number of hydrogen-bond acceptors (Lipinski definition) is 4. The number of aryl methyl sites for hydroxylation is 3. The molecule has 0 saturated carbocycles. The van der Waals surface area contributed by atoms with Gasteiger partial charge in [-0.2, -0.15) is 9.78 Å². The standard InChI is InChI=1S/C15H18ClN3O3S/c1-9-6-10(2)13(11(3)7-9)23(21,22)14-12(16)8-19(17-14)15(20)18(4)5/h6-8H,1-5H3. The van der Waals surface area contributed by atoms with Crippen molar-refractivity contribution in [3.05, 3.63) is 40.0 Å². The molecule has 124 valence electrons. The molecule has 0 fully saturated rings. The lowest BCUT2D eigenvalue weighted by atomic mass is 10.1. The van der Waals surface area contributed by atoms with E-state index in [0.29, 0.717) is 11.1 Å². The van der Waals surface area contributed by atoms with Crippen LogP contribution in [0.1, 0.15) is 16.7 Å². The van der Waals surface area contributed by atoms with Gasteiger partial charge in [-0.25, -0.2) is 13.2 Å². The van der Waals surface area contributed by atoms with Crippen molar-refractivity contribution in [2.24, 2.45) is 0 Å². The molecule has 2 aromatic rings. The van der Waals surface area contributed by atoms with Gasteiger partial charge < -0.3 is 4.90 Å². The van der Waals surface area contributed by atoms with Gasteiger partial charge in [0, 0.05) is 14.1 Å². The molecular weight excluding hydrogens is 338 g/mol. The summed E-state index contributed by atoms with van der Waals surface area (Å²) in [4.78, 5) is 13.4. The number of nitrogens with zero attached hydrogens (tertiary/aromatic N) is 3. The highest BCUT2D eigenvalue weighted by atomic mass is 35.5. The van der Waals surface area contributed by atoms with Crippen LogP contribution in [0.4, 0.5) is 4.79 Å². The van der Waals surface area contributed by atoms with E-state index in [9.17, 15) is 13.2 Å². The number of aromatic nitrogens is 2. The number of carbonyl (C=O) groups excluding carboxylic acids is 1. The molecule has 1 amide bonds. The molecule has 0 bridgehead atoms. The Balaban J connectivity index is 2.65. The zero-order chi connectivity index (χ0) is 17.5. The molecule has 0 radical (unpaired) electrons. The van der Waals surface area contributed by atoms with Gasteiger partial charge in [-0.05, 0) is 31.9 Å². The molecule has 1 aromatic heterocycles. The van der Waals surface area contributed by atoms with Crippen molar-refractivity contribution in [1.82, 2.24) is 14.7 Å². The predicted molar refractivity (Wildman–Crippen MR) is 87.8 cm³/mol. The van der Waals surface area contributed by atoms with E-state index < -0.39 is 15.9 Å². The largest absolute Gasteiger partial charge is 0.344 e. The molecule has 0 aliphatic heterocycles. The molecule has 0 spiro atoms. The number of hydrogen-bond donors (Lipinski definition) is 0. The first kappa shape index (κ1) is 17.5. The first-order valence-corrected chi connectivity index (χ1v) is 8.71. The minimum atomic E-state index is -3.92. The first-order valence-electron chi connectivity index (χ1n) is 6.85. The van der Waals surface area contributed by atoms with Gasteiger partial charge in [-0.3, -0.25) is 0 Å². The van der Waals surface area contributed by atoms with Crippen LogP contribution in [0.2, 0.25) is 5.02 Å². The molecule has 1 aromatic carbocycles. The third kappa shape index (κ3) is 3.11. The number of carbonyl (C=O) groups is 1. The zero-order valence-electron chi connectivity index (χ0n) is 13.6. The Bertz CT molecular complexity index is 862. The maximum Gasteiger partial charge on any atom is 0.344 e. The van der Waals surface area contributed by atoms with Crippen LogP contribution in [0.15, 0.2) is 28.3 Å². The van der Waals surface area contributed by atoms with Gasteiger partial charge in [0.05, 0.1) is 16.1 Å². The molecular formula is C15H18ClN3O3S. The van der Waals surface area contributed by atoms with E-state index in [2.05, 4.69) is 5.10 Å². The van der Waals surface area contributed by atoms with E-state index in [1.54, 1.807) is 40.1 Å². The van der Waals surface area contributed by atoms with Crippen LogP contribution in [0.25, 0.3) is 0 Å². The van der Waals surface area contributed by atoms with Crippen molar-refractivity contribution < 1.29 is 13.2 Å². The Kier molecular flexibility index (Phi) is 4.54. The highest BCUT2D eigenvalue weighted by molar-refractivity contribution is 7.91. The predicted octanol–water partition coefficient (Wildman–Crippen LogP) is 2.82. The third-order valence-electron chi connectivity index (χ3n) is 3.34. The van der Waals surface area contributed by atoms with Crippen LogP contribution in [0.3, 0.4) is 0 Å². The number of sulfone groups is 1. The van der Waals surface area contributed by atoms with Crippen molar-refractivity contribution in [1.29, 1.82) is 0 Å². The van der Waals surface area contributed by atoms with Gasteiger partial charge in [0.1, 0.15) is 0 Å². The number of rotatable bonds is 2. The molecule has 1 heterocycles. The second-order valence-corrected chi connectivity index (χ2v) is 7.84. The number of benzene rings is 1. The van der Waals surface area contributed by atoms with Gasteiger partial charge in [0.25, 0.3) is 0 Å². The molecule has 2 rings (SSSR count). The summed E-state index contributed by atoms with van der Waals surface area (Å²) in [6.45, 7) is 5.35. The summed E-state index contributed by atoms with van der Waals surface area (Å²) < 4.78 is 26.8.